The first-order valence-electron chi connectivity index (χ1n) is 24.0. The molecule has 9 rings (SSSR count). The topological polar surface area (TPSA) is 243 Å². The van der Waals surface area contributed by atoms with Gasteiger partial charge >= 0.3 is 23.9 Å². The molecule has 0 radical (unpaired) electrons. The number of methoxy groups -OCH3 is 4. The number of nitrogens with one attached hydrogen (secondary N) is 2. The number of aromatic nitrogens is 4. The van der Waals surface area contributed by atoms with Gasteiger partial charge in [0.05, 0.1) is 70.9 Å². The molecule has 5 heterocycles. The lowest BCUT2D eigenvalue weighted by Gasteiger charge is -2.35. The zero-order valence-electron chi connectivity index (χ0n) is 39.0. The maximum atomic E-state index is 12.3. The van der Waals surface area contributed by atoms with Crippen molar-refractivity contribution in [1.29, 1.82) is 0 Å². The molecule has 362 valence electrons. The Morgan fingerprint density at radius 3 is 0.941 bits per heavy atom. The highest BCUT2D eigenvalue weighted by molar-refractivity contribution is 5.85. The first-order valence-corrected chi connectivity index (χ1v) is 24.0. The third-order valence-corrected chi connectivity index (χ3v) is 16.2. The number of carboxylic acids is 4. The van der Waals surface area contributed by atoms with Gasteiger partial charge < -0.3 is 49.3 Å². The Bertz CT molecular complexity index is 2550. The number of carboxylic acid groups (broad SMARTS) is 4. The summed E-state index contributed by atoms with van der Waals surface area (Å²) in [4.78, 5) is 67.8. The molecule has 0 amide bonds. The Kier molecular flexibility index (Phi) is 13.8. The lowest BCUT2D eigenvalue weighted by Crippen LogP contribution is -2.34. The average molecular weight is 935 g/mol. The molecule has 0 saturated heterocycles. The summed E-state index contributed by atoms with van der Waals surface area (Å²) < 4.78 is 24.5. The van der Waals surface area contributed by atoms with Crippen molar-refractivity contribution in [2.45, 2.75) is 125 Å². The van der Waals surface area contributed by atoms with Crippen LogP contribution in [-0.2, 0) is 38.1 Å². The molecule has 12 unspecified atom stereocenters. The van der Waals surface area contributed by atoms with Gasteiger partial charge in [-0.3, -0.25) is 19.2 Å². The second kappa shape index (κ2) is 19.7. The van der Waals surface area contributed by atoms with Crippen molar-refractivity contribution >= 4 is 70.2 Å². The maximum absolute atomic E-state index is 12.3. The standard InChI is InChI=1S/C52H62N4O12/c1-65-41-21-25(49(57)58)5-9-29(41)45-33-13-15-35(53-33)46(30-10-6-26(50(59)60)22-42(30)66-2)37-17-19-39(55-37)48(32-12-8-28(52(63)64)24-44(32)68-4)40-20-18-38(56-40)47(36-16-14-34(45)54-36)31-11-7-27(51(61)62)23-43(31)67-3/h13-20,25-32,41-44,53-54H,5-12,21-24H2,1-4H3,(H,57,58)(H,59,60)(H,61,62)(H,63,64). The van der Waals surface area contributed by atoms with Gasteiger partial charge in [-0.2, -0.15) is 0 Å². The lowest BCUT2D eigenvalue weighted by molar-refractivity contribution is -0.145. The van der Waals surface area contributed by atoms with Crippen LogP contribution >= 0.6 is 0 Å². The van der Waals surface area contributed by atoms with Gasteiger partial charge in [0, 0.05) is 96.4 Å². The van der Waals surface area contributed by atoms with E-state index in [9.17, 15) is 39.6 Å². The quantitative estimate of drug-likeness (QED) is 0.0687. The van der Waals surface area contributed by atoms with Crippen LogP contribution in [0.3, 0.4) is 0 Å². The van der Waals surface area contributed by atoms with E-state index in [0.717, 1.165) is 44.3 Å². The molecule has 0 spiro atoms. The van der Waals surface area contributed by atoms with Crippen LogP contribution in [0.25, 0.3) is 46.4 Å². The van der Waals surface area contributed by atoms with Gasteiger partial charge in [-0.1, -0.05) is 0 Å². The minimum atomic E-state index is -0.855. The monoisotopic (exact) mass is 934 g/mol. The molecule has 68 heavy (non-hydrogen) atoms. The second-order valence-electron chi connectivity index (χ2n) is 19.6. The molecule has 4 saturated carbocycles. The van der Waals surface area contributed by atoms with Crippen molar-refractivity contribution in [3.8, 4) is 0 Å². The largest absolute Gasteiger partial charge is 0.481 e. The second-order valence-corrected chi connectivity index (χ2v) is 19.6. The van der Waals surface area contributed by atoms with Crippen LogP contribution in [-0.4, -0.2) is 117 Å². The fourth-order valence-corrected chi connectivity index (χ4v) is 12.6. The highest BCUT2D eigenvalue weighted by Crippen LogP contribution is 2.47. The van der Waals surface area contributed by atoms with Gasteiger partial charge in [-0.25, -0.2) is 9.97 Å². The Hall–Kier alpha value is -5.68. The number of hydrogen-bond donors (Lipinski definition) is 6. The maximum Gasteiger partial charge on any atom is 0.306 e. The van der Waals surface area contributed by atoms with Crippen LogP contribution in [0.1, 0.15) is 146 Å². The molecule has 4 fully saturated rings. The summed E-state index contributed by atoms with van der Waals surface area (Å²) in [7, 11) is 6.48. The SMILES string of the molecule is COC1CC(C(=O)O)CCC1c1c2nc(c(C3CCC(C(=O)O)CC3OC)c3ccc([nH]3)c(C3CCC(C(=O)O)CC3OC)c3ccc([nH]3)c(C3CCC(C(=O)O)CC3OC)c3nc1C=C3)C=C2. The van der Waals surface area contributed by atoms with Crippen LogP contribution < -0.4 is 0 Å². The van der Waals surface area contributed by atoms with Crippen molar-refractivity contribution in [2.24, 2.45) is 23.7 Å². The first kappa shape index (κ1) is 47.4. The molecule has 8 bridgehead atoms. The Morgan fingerprint density at radius 2 is 0.662 bits per heavy atom. The summed E-state index contributed by atoms with van der Waals surface area (Å²) in [5.74, 6) is -6.60. The highest BCUT2D eigenvalue weighted by Gasteiger charge is 2.42. The Morgan fingerprint density at radius 1 is 0.412 bits per heavy atom. The molecule has 0 aromatic carbocycles. The first-order chi connectivity index (χ1) is 32.8. The number of fused-ring (bicyclic) bond motifs is 8. The van der Waals surface area contributed by atoms with Gasteiger partial charge in [-0.15, -0.1) is 0 Å². The van der Waals surface area contributed by atoms with E-state index in [1.165, 1.54) is 0 Å². The number of hydrogen-bond acceptors (Lipinski definition) is 10. The van der Waals surface area contributed by atoms with E-state index < -0.39 is 72.0 Å². The Balaban J connectivity index is 1.36. The van der Waals surface area contributed by atoms with Gasteiger partial charge in [0.25, 0.3) is 0 Å². The van der Waals surface area contributed by atoms with Crippen LogP contribution in [0, 0.1) is 23.7 Å². The minimum absolute atomic E-state index is 0.218. The summed E-state index contributed by atoms with van der Waals surface area (Å²) in [6.45, 7) is 0. The van der Waals surface area contributed by atoms with E-state index >= 15 is 0 Å². The van der Waals surface area contributed by atoms with E-state index in [1.807, 2.05) is 48.6 Å². The van der Waals surface area contributed by atoms with Crippen molar-refractivity contribution in [2.75, 3.05) is 28.4 Å². The molecule has 3 aromatic heterocycles. The van der Waals surface area contributed by atoms with Crippen LogP contribution in [0.2, 0.25) is 0 Å². The van der Waals surface area contributed by atoms with Crippen molar-refractivity contribution in [3.05, 3.63) is 69.3 Å². The number of H-pyrrole nitrogens is 2. The van der Waals surface area contributed by atoms with Crippen LogP contribution in [0.15, 0.2) is 24.3 Å². The molecule has 16 heteroatoms. The number of nitrogens with zero attached hydrogens (tertiary/aromatic N) is 2. The number of aliphatic carboxylic acids is 4. The number of aromatic amines is 2. The molecule has 12 atom stereocenters. The van der Waals surface area contributed by atoms with E-state index in [2.05, 4.69) is 9.97 Å². The van der Waals surface area contributed by atoms with Crippen molar-refractivity contribution in [3.63, 3.8) is 0 Å². The lowest BCUT2D eigenvalue weighted by atomic mass is 9.75. The van der Waals surface area contributed by atoms with Gasteiger partial charge in [0.1, 0.15) is 0 Å². The highest BCUT2D eigenvalue weighted by atomic mass is 16.5. The summed E-state index contributed by atoms with van der Waals surface area (Å²) in [5.41, 5.74) is 9.38. The molecule has 6 aliphatic rings. The van der Waals surface area contributed by atoms with E-state index in [0.29, 0.717) is 99.8 Å². The van der Waals surface area contributed by atoms with Crippen molar-refractivity contribution in [1.82, 2.24) is 19.9 Å². The predicted octanol–water partition coefficient (Wildman–Crippen LogP) is 8.59. The molecule has 4 aliphatic carbocycles. The zero-order chi connectivity index (χ0) is 48.0. The normalized spacial score (nSPS) is 30.5. The number of rotatable bonds is 12. The molecule has 6 N–H and O–H groups in total. The van der Waals surface area contributed by atoms with E-state index in [1.54, 1.807) is 28.4 Å². The molecule has 3 aromatic rings. The van der Waals surface area contributed by atoms with E-state index in [4.69, 9.17) is 28.9 Å². The molecular weight excluding hydrogens is 873 g/mol. The predicted molar refractivity (Wildman–Crippen MR) is 253 cm³/mol. The number of carbonyl (C=O) groups is 4. The fraction of sp³-hybridized carbons (Fsp3) is 0.538. The summed E-state index contributed by atoms with van der Waals surface area (Å²) in [6.07, 6.45) is 11.5. The fourth-order valence-electron chi connectivity index (χ4n) is 12.6. The minimum Gasteiger partial charge on any atom is -0.481 e. The molecular formula is C52H62N4O12. The van der Waals surface area contributed by atoms with Crippen molar-refractivity contribution < 1.29 is 58.6 Å². The van der Waals surface area contributed by atoms with Crippen LogP contribution in [0.5, 0.6) is 0 Å². The third-order valence-electron chi connectivity index (χ3n) is 16.2. The summed E-state index contributed by atoms with van der Waals surface area (Å²) >= 11 is 0. The smallest absolute Gasteiger partial charge is 0.306 e. The number of ether oxygens (including phenoxy) is 4. The Labute approximate surface area is 394 Å². The van der Waals surface area contributed by atoms with Gasteiger partial charge in [0.2, 0.25) is 0 Å². The average Bonchev–Trinajstić information content (AvgIpc) is 4.20. The van der Waals surface area contributed by atoms with E-state index in [-0.39, 0.29) is 23.7 Å². The summed E-state index contributed by atoms with van der Waals surface area (Å²) in [5, 5.41) is 40.4. The molecule has 2 aliphatic heterocycles. The van der Waals surface area contributed by atoms with Gasteiger partial charge in [-0.05, 0) is 126 Å². The van der Waals surface area contributed by atoms with Gasteiger partial charge in [0.15, 0.2) is 0 Å². The summed E-state index contributed by atoms with van der Waals surface area (Å²) in [6, 6.07) is 8.15. The third kappa shape index (κ3) is 8.91. The molecule has 16 nitrogen and oxygen atoms in total. The zero-order valence-corrected chi connectivity index (χ0v) is 39.0. The van der Waals surface area contributed by atoms with Crippen LogP contribution in [0.4, 0.5) is 0 Å².